The SMILES string of the molecule is CC/C=C\C/C=C\C/C=C\C/C=C\C/C=C\C/C=C\C/C=C\C/C=C\C/C=C\C/C=C\C/C=C\CCCCCCCCCC(=O)NC(COC1OC(CO)C(O)C(O)C1O)C(O)/C=C/CCCCCCCCCCCCCCCCCCC. The third kappa shape index (κ3) is 50.0. The molecule has 1 saturated heterocycles. The summed E-state index contributed by atoms with van der Waals surface area (Å²) in [6, 6.07) is -0.822. The van der Waals surface area contributed by atoms with Gasteiger partial charge in [-0.1, -0.05) is 295 Å². The molecule has 0 spiro atoms. The highest BCUT2D eigenvalue weighted by Gasteiger charge is 2.44. The number of unbranched alkanes of at least 4 members (excludes halogenated alkanes) is 24. The number of aliphatic hydroxyl groups excluding tert-OH is 5. The lowest BCUT2D eigenvalue weighted by atomic mass is 9.99. The van der Waals surface area contributed by atoms with Crippen molar-refractivity contribution in [2.45, 2.75) is 301 Å². The maximum Gasteiger partial charge on any atom is 0.220 e. The first-order chi connectivity index (χ1) is 40.8. The van der Waals surface area contributed by atoms with E-state index in [0.717, 1.165) is 122 Å². The monoisotopic (exact) mass is 1150 g/mol. The molecule has 7 unspecified atom stereocenters. The third-order valence-corrected chi connectivity index (χ3v) is 14.9. The molecular weight excluding hydrogens is 1030 g/mol. The highest BCUT2D eigenvalue weighted by Crippen LogP contribution is 2.23. The summed E-state index contributed by atoms with van der Waals surface area (Å²) in [5.74, 6) is -0.192. The van der Waals surface area contributed by atoms with Gasteiger partial charge < -0.3 is 40.3 Å². The van der Waals surface area contributed by atoms with Gasteiger partial charge >= 0.3 is 0 Å². The van der Waals surface area contributed by atoms with Gasteiger partial charge in [0.15, 0.2) is 6.29 Å². The molecular formula is C74H123NO8. The smallest absolute Gasteiger partial charge is 0.220 e. The molecule has 7 atom stereocenters. The van der Waals surface area contributed by atoms with E-state index in [0.29, 0.717) is 6.42 Å². The van der Waals surface area contributed by atoms with Crippen LogP contribution in [0.2, 0.25) is 0 Å². The Morgan fingerprint density at radius 3 is 1.11 bits per heavy atom. The number of ether oxygens (including phenoxy) is 2. The highest BCUT2D eigenvalue weighted by molar-refractivity contribution is 5.76. The first-order valence-electron chi connectivity index (χ1n) is 33.6. The van der Waals surface area contributed by atoms with Crippen LogP contribution >= 0.6 is 0 Å². The third-order valence-electron chi connectivity index (χ3n) is 14.9. The van der Waals surface area contributed by atoms with Crippen molar-refractivity contribution in [3.63, 3.8) is 0 Å². The van der Waals surface area contributed by atoms with Crippen LogP contribution in [0, 0.1) is 0 Å². The Labute approximate surface area is 508 Å². The standard InChI is InChI=1S/C74H123NO8/c1-3-5-7-9-11-13-15-17-19-21-23-24-25-26-27-28-29-30-31-32-33-34-35-36-37-38-39-40-41-42-43-44-46-48-50-52-54-56-58-60-62-64-70(78)75-67(66-82-74-73(81)72(80)71(79)69(65-76)83-74)68(77)63-61-59-57-55-53-51-49-47-45-22-20-18-16-14-12-10-8-6-4-2/h5,7,11,13,17,19,23-24,26-27,29-30,32-33,35-36,38-39,41-42,44,46,61,63,67-69,71-74,76-77,79-81H,3-4,6,8-10,12,14-16,18,20-22,25,28,31,34,37,40,43,45,47-60,62,64-66H2,1-2H3,(H,75,78)/b7-5-,13-11-,19-17-,24-23-,27-26-,30-29-,33-32-,36-35-,39-38-,42-41-,46-44-,63-61+. The van der Waals surface area contributed by atoms with Crippen molar-refractivity contribution in [1.82, 2.24) is 5.32 Å². The van der Waals surface area contributed by atoms with E-state index >= 15 is 0 Å². The van der Waals surface area contributed by atoms with E-state index in [1.165, 1.54) is 116 Å². The van der Waals surface area contributed by atoms with Gasteiger partial charge in [-0.2, -0.15) is 0 Å². The van der Waals surface area contributed by atoms with E-state index in [1.807, 2.05) is 6.08 Å². The lowest BCUT2D eigenvalue weighted by molar-refractivity contribution is -0.302. The number of allylic oxidation sites excluding steroid dienone is 23. The number of rotatable bonds is 56. The number of nitrogens with one attached hydrogen (secondary N) is 1. The van der Waals surface area contributed by atoms with Crippen LogP contribution in [0.15, 0.2) is 146 Å². The van der Waals surface area contributed by atoms with Crippen LogP contribution in [0.1, 0.15) is 258 Å². The van der Waals surface area contributed by atoms with Crippen LogP contribution in [0.25, 0.3) is 0 Å². The lowest BCUT2D eigenvalue weighted by Gasteiger charge is -2.40. The van der Waals surface area contributed by atoms with Gasteiger partial charge in [0.1, 0.15) is 24.4 Å². The summed E-state index contributed by atoms with van der Waals surface area (Å²) in [5, 5.41) is 54.6. The van der Waals surface area contributed by atoms with Crippen molar-refractivity contribution in [2.75, 3.05) is 13.2 Å². The van der Waals surface area contributed by atoms with Crippen LogP contribution in [0.4, 0.5) is 0 Å². The minimum absolute atomic E-state index is 0.192. The molecule has 0 aliphatic carbocycles. The van der Waals surface area contributed by atoms with Crippen LogP contribution in [0.5, 0.6) is 0 Å². The van der Waals surface area contributed by atoms with Gasteiger partial charge in [-0.05, 0) is 103 Å². The van der Waals surface area contributed by atoms with E-state index in [4.69, 9.17) is 9.47 Å². The Balaban J connectivity index is 2.17. The van der Waals surface area contributed by atoms with Crippen molar-refractivity contribution >= 4 is 5.91 Å². The quantitative estimate of drug-likeness (QED) is 0.0261. The molecule has 1 aliphatic heterocycles. The Morgan fingerprint density at radius 2 is 0.747 bits per heavy atom. The number of hydrogen-bond acceptors (Lipinski definition) is 8. The number of carbonyl (C=O) groups excluding carboxylic acids is 1. The fourth-order valence-electron chi connectivity index (χ4n) is 9.69. The largest absolute Gasteiger partial charge is 0.394 e. The number of carbonyl (C=O) groups is 1. The maximum absolute atomic E-state index is 13.1. The van der Waals surface area contributed by atoms with Crippen molar-refractivity contribution in [3.05, 3.63) is 146 Å². The van der Waals surface area contributed by atoms with Gasteiger partial charge in [0.25, 0.3) is 0 Å². The summed E-state index contributed by atoms with van der Waals surface area (Å²) >= 11 is 0. The van der Waals surface area contributed by atoms with E-state index in [-0.39, 0.29) is 12.5 Å². The molecule has 1 rings (SSSR count). The molecule has 0 aromatic heterocycles. The highest BCUT2D eigenvalue weighted by atomic mass is 16.7. The summed E-state index contributed by atoms with van der Waals surface area (Å²) in [6.45, 7) is 3.66. The Hall–Kier alpha value is -3.93. The van der Waals surface area contributed by atoms with Crippen molar-refractivity contribution in [3.8, 4) is 0 Å². The van der Waals surface area contributed by atoms with Gasteiger partial charge in [-0.3, -0.25) is 4.79 Å². The minimum atomic E-state index is -1.58. The second kappa shape index (κ2) is 61.2. The number of aliphatic hydroxyl groups is 5. The molecule has 1 fully saturated rings. The molecule has 0 radical (unpaired) electrons. The molecule has 0 aromatic rings. The first kappa shape index (κ1) is 77.1. The van der Waals surface area contributed by atoms with Crippen LogP contribution in [-0.2, 0) is 14.3 Å². The molecule has 9 heteroatoms. The normalized spacial score (nSPS) is 19.2. The molecule has 83 heavy (non-hydrogen) atoms. The summed E-state index contributed by atoms with van der Waals surface area (Å²) in [6.07, 6.45) is 87.8. The maximum atomic E-state index is 13.1. The Kier molecular flexibility index (Phi) is 56.8. The molecule has 1 amide bonds. The second-order valence-electron chi connectivity index (χ2n) is 22.5. The Bertz CT molecular complexity index is 1820. The zero-order valence-electron chi connectivity index (χ0n) is 52.6. The summed E-state index contributed by atoms with van der Waals surface area (Å²) in [7, 11) is 0. The summed E-state index contributed by atoms with van der Waals surface area (Å²) in [4.78, 5) is 13.1. The van der Waals surface area contributed by atoms with Crippen molar-refractivity contribution in [2.24, 2.45) is 0 Å². The fourth-order valence-corrected chi connectivity index (χ4v) is 9.69. The summed E-state index contributed by atoms with van der Waals surface area (Å²) in [5.41, 5.74) is 0. The van der Waals surface area contributed by atoms with E-state index in [9.17, 15) is 30.3 Å². The van der Waals surface area contributed by atoms with Gasteiger partial charge in [-0.15, -0.1) is 0 Å². The molecule has 0 aromatic carbocycles. The molecule has 472 valence electrons. The van der Waals surface area contributed by atoms with Gasteiger partial charge in [0.2, 0.25) is 5.91 Å². The molecule has 0 saturated carbocycles. The summed E-state index contributed by atoms with van der Waals surface area (Å²) < 4.78 is 11.3. The van der Waals surface area contributed by atoms with Crippen LogP contribution in [0.3, 0.4) is 0 Å². The molecule has 6 N–H and O–H groups in total. The molecule has 1 heterocycles. The van der Waals surface area contributed by atoms with E-state index in [2.05, 4.69) is 153 Å². The van der Waals surface area contributed by atoms with Crippen molar-refractivity contribution in [1.29, 1.82) is 0 Å². The second-order valence-corrected chi connectivity index (χ2v) is 22.5. The molecule has 0 bridgehead atoms. The predicted octanol–water partition coefficient (Wildman–Crippen LogP) is 18.2. The van der Waals surface area contributed by atoms with Crippen LogP contribution < -0.4 is 5.32 Å². The number of hydrogen-bond donors (Lipinski definition) is 6. The lowest BCUT2D eigenvalue weighted by Crippen LogP contribution is -2.60. The van der Waals surface area contributed by atoms with Crippen LogP contribution in [-0.4, -0.2) is 87.5 Å². The predicted molar refractivity (Wildman–Crippen MR) is 354 cm³/mol. The average molecular weight is 1150 g/mol. The molecule has 1 aliphatic rings. The van der Waals surface area contributed by atoms with E-state index in [1.54, 1.807) is 6.08 Å². The number of amides is 1. The van der Waals surface area contributed by atoms with Crippen molar-refractivity contribution < 1.29 is 39.8 Å². The molecule has 9 nitrogen and oxygen atoms in total. The minimum Gasteiger partial charge on any atom is -0.394 e. The Morgan fingerprint density at radius 1 is 0.422 bits per heavy atom. The van der Waals surface area contributed by atoms with Gasteiger partial charge in [0.05, 0.1) is 25.4 Å². The zero-order chi connectivity index (χ0) is 60.0. The van der Waals surface area contributed by atoms with E-state index < -0.39 is 49.5 Å². The van der Waals surface area contributed by atoms with Gasteiger partial charge in [-0.25, -0.2) is 0 Å². The zero-order valence-corrected chi connectivity index (χ0v) is 52.6. The fraction of sp³-hybridized carbons (Fsp3) is 0.662. The topological polar surface area (TPSA) is 149 Å². The first-order valence-corrected chi connectivity index (χ1v) is 33.6. The van der Waals surface area contributed by atoms with Gasteiger partial charge in [0, 0.05) is 6.42 Å². The average Bonchev–Trinajstić information content (AvgIpc) is 3.61.